The fraction of sp³-hybridized carbons (Fsp3) is 0.600. The molecule has 0 bridgehead atoms. The second-order valence-corrected chi connectivity index (χ2v) is 10.1. The lowest BCUT2D eigenvalue weighted by molar-refractivity contribution is -0.120. The first-order chi connectivity index (χ1) is 18.2. The van der Waals surface area contributed by atoms with Crippen LogP contribution in [0.4, 0.5) is 0 Å². The van der Waals surface area contributed by atoms with E-state index in [4.69, 9.17) is 9.47 Å². The van der Waals surface area contributed by atoms with Crippen molar-refractivity contribution >= 4 is 11.6 Å². The maximum atomic E-state index is 12.1. The summed E-state index contributed by atoms with van der Waals surface area (Å²) in [4.78, 5) is 23.9. The summed E-state index contributed by atoms with van der Waals surface area (Å²) in [5, 5.41) is 40.7. The van der Waals surface area contributed by atoms with Gasteiger partial charge in [-0.1, -0.05) is 64.2 Å². The van der Waals surface area contributed by atoms with Crippen LogP contribution in [-0.2, 0) is 16.0 Å². The van der Waals surface area contributed by atoms with E-state index in [-0.39, 0.29) is 22.6 Å². The molecule has 1 aliphatic carbocycles. The van der Waals surface area contributed by atoms with Gasteiger partial charge in [0.15, 0.2) is 34.5 Å². The van der Waals surface area contributed by atoms with Gasteiger partial charge in [-0.05, 0) is 39.5 Å². The van der Waals surface area contributed by atoms with E-state index in [9.17, 15) is 30.0 Å². The number of ketones is 2. The molecule has 0 unspecified atom stereocenters. The summed E-state index contributed by atoms with van der Waals surface area (Å²) < 4.78 is 10.6. The minimum absolute atomic E-state index is 0.0114. The number of aromatic hydroxyl groups is 2. The number of hydrogen-bond acceptors (Lipinski definition) is 8. The van der Waals surface area contributed by atoms with Crippen molar-refractivity contribution in [3.8, 4) is 23.0 Å². The van der Waals surface area contributed by atoms with Crippen molar-refractivity contribution < 1.29 is 39.5 Å². The molecule has 0 fully saturated rings. The van der Waals surface area contributed by atoms with Gasteiger partial charge in [0.1, 0.15) is 0 Å². The van der Waals surface area contributed by atoms with E-state index >= 15 is 0 Å². The van der Waals surface area contributed by atoms with Crippen molar-refractivity contribution in [2.24, 2.45) is 0 Å². The maximum absolute atomic E-state index is 12.1. The van der Waals surface area contributed by atoms with Crippen LogP contribution in [0, 0.1) is 6.92 Å². The summed E-state index contributed by atoms with van der Waals surface area (Å²) in [5.74, 6) is -1.70. The fourth-order valence-corrected chi connectivity index (χ4v) is 5.03. The number of Topliss-reactive ketones (excluding diaryl/α,β-unsaturated/α-hetero) is 2. The van der Waals surface area contributed by atoms with Crippen LogP contribution in [-0.4, -0.2) is 46.2 Å². The zero-order valence-electron chi connectivity index (χ0n) is 23.3. The van der Waals surface area contributed by atoms with E-state index in [0.717, 1.165) is 51.4 Å². The number of aliphatic hydroxyl groups excluding tert-OH is 2. The molecule has 1 aromatic rings. The smallest absolute Gasteiger partial charge is 0.227 e. The third-order valence-corrected chi connectivity index (χ3v) is 7.38. The zero-order chi connectivity index (χ0) is 28.2. The minimum Gasteiger partial charge on any atom is -0.504 e. The Kier molecular flexibility index (Phi) is 12.5. The summed E-state index contributed by atoms with van der Waals surface area (Å²) in [6.07, 6.45) is 13.5. The van der Waals surface area contributed by atoms with E-state index in [0.29, 0.717) is 41.9 Å². The molecule has 1 aliphatic rings. The fourth-order valence-electron chi connectivity index (χ4n) is 5.03. The van der Waals surface area contributed by atoms with Crippen molar-refractivity contribution in [3.63, 3.8) is 0 Å². The van der Waals surface area contributed by atoms with E-state index in [1.54, 1.807) is 6.92 Å². The Morgan fingerprint density at radius 3 is 1.37 bits per heavy atom. The van der Waals surface area contributed by atoms with Crippen molar-refractivity contribution in [1.29, 1.82) is 0 Å². The third-order valence-electron chi connectivity index (χ3n) is 7.38. The standard InChI is InChI=1S/C30H44O8/c1-19-23(31)25(33)21(26(34)24(19)32)17-15-13-11-9-7-5-6-8-10-12-14-16-18-22-27(35)29(37-3)20(2)30(38-4)28(22)36/h31,34-36H,5-18H2,1-4H3. The number of carbonyl (C=O) groups excluding carboxylic acids is 2. The van der Waals surface area contributed by atoms with Gasteiger partial charge in [0.2, 0.25) is 11.6 Å². The number of phenols is 2. The van der Waals surface area contributed by atoms with Gasteiger partial charge in [-0.2, -0.15) is 0 Å². The summed E-state index contributed by atoms with van der Waals surface area (Å²) >= 11 is 0. The summed E-state index contributed by atoms with van der Waals surface area (Å²) in [6, 6.07) is 0. The molecule has 0 radical (unpaired) electrons. The average molecular weight is 533 g/mol. The van der Waals surface area contributed by atoms with Crippen LogP contribution < -0.4 is 9.47 Å². The van der Waals surface area contributed by atoms with Crippen molar-refractivity contribution in [3.05, 3.63) is 33.8 Å². The topological polar surface area (TPSA) is 134 Å². The molecule has 0 aliphatic heterocycles. The normalized spacial score (nSPS) is 14.0. The van der Waals surface area contributed by atoms with Gasteiger partial charge in [0, 0.05) is 22.3 Å². The van der Waals surface area contributed by atoms with Crippen LogP contribution in [0.25, 0.3) is 0 Å². The molecular weight excluding hydrogens is 488 g/mol. The Labute approximate surface area is 226 Å². The number of benzene rings is 1. The summed E-state index contributed by atoms with van der Waals surface area (Å²) in [6.45, 7) is 3.08. The Morgan fingerprint density at radius 1 is 0.553 bits per heavy atom. The van der Waals surface area contributed by atoms with Crippen LogP contribution in [0.2, 0.25) is 0 Å². The van der Waals surface area contributed by atoms with E-state index in [1.165, 1.54) is 40.4 Å². The number of allylic oxidation sites excluding steroid dienone is 2. The predicted molar refractivity (Wildman–Crippen MR) is 146 cm³/mol. The van der Waals surface area contributed by atoms with Gasteiger partial charge in [0.05, 0.1) is 14.2 Å². The molecule has 212 valence electrons. The zero-order valence-corrected chi connectivity index (χ0v) is 23.3. The highest BCUT2D eigenvalue weighted by Gasteiger charge is 2.32. The van der Waals surface area contributed by atoms with Crippen molar-refractivity contribution in [2.75, 3.05) is 14.2 Å². The molecular formula is C30H44O8. The number of hydrogen-bond donors (Lipinski definition) is 4. The van der Waals surface area contributed by atoms with Crippen LogP contribution in [0.15, 0.2) is 22.7 Å². The van der Waals surface area contributed by atoms with Crippen molar-refractivity contribution in [2.45, 2.75) is 104 Å². The first-order valence-corrected chi connectivity index (χ1v) is 13.7. The van der Waals surface area contributed by atoms with Crippen LogP contribution >= 0.6 is 0 Å². The number of methoxy groups -OCH3 is 2. The van der Waals surface area contributed by atoms with E-state index in [1.807, 2.05) is 0 Å². The van der Waals surface area contributed by atoms with Gasteiger partial charge >= 0.3 is 0 Å². The first kappa shape index (κ1) is 31.1. The van der Waals surface area contributed by atoms with Gasteiger partial charge in [-0.15, -0.1) is 0 Å². The molecule has 0 saturated heterocycles. The molecule has 2 rings (SSSR count). The molecule has 8 heteroatoms. The number of phenolic OH excluding ortho intramolecular Hbond substituents is 2. The lowest BCUT2D eigenvalue weighted by Gasteiger charge is -2.17. The Balaban J connectivity index is 1.53. The third kappa shape index (κ3) is 7.68. The molecule has 0 atom stereocenters. The summed E-state index contributed by atoms with van der Waals surface area (Å²) in [7, 11) is 2.98. The molecule has 0 spiro atoms. The quantitative estimate of drug-likeness (QED) is 0.127. The highest BCUT2D eigenvalue weighted by Crippen LogP contribution is 2.47. The Hall–Kier alpha value is -3.16. The predicted octanol–water partition coefficient (Wildman–Crippen LogP) is 6.83. The number of aliphatic hydroxyl groups is 2. The number of unbranched alkanes of at least 4 members (excludes halogenated alkanes) is 11. The van der Waals surface area contributed by atoms with E-state index in [2.05, 4.69) is 0 Å². The second-order valence-electron chi connectivity index (χ2n) is 10.1. The molecule has 8 nitrogen and oxygen atoms in total. The maximum Gasteiger partial charge on any atom is 0.227 e. The Bertz CT molecular complexity index is 1020. The molecule has 38 heavy (non-hydrogen) atoms. The number of rotatable bonds is 17. The second kappa shape index (κ2) is 15.3. The molecule has 0 heterocycles. The first-order valence-electron chi connectivity index (χ1n) is 13.7. The van der Waals surface area contributed by atoms with E-state index < -0.39 is 23.1 Å². The van der Waals surface area contributed by atoms with Gasteiger partial charge in [-0.25, -0.2) is 0 Å². The SMILES string of the molecule is COc1c(C)c(OC)c(O)c(CCCCCCCCCCCCCCC2=C(O)C(=O)C(C)=C(O)C2=O)c1O. The molecule has 4 N–H and O–H groups in total. The summed E-state index contributed by atoms with van der Waals surface area (Å²) in [5.41, 5.74) is 0.988. The Morgan fingerprint density at radius 2 is 0.947 bits per heavy atom. The lowest BCUT2D eigenvalue weighted by Crippen LogP contribution is -2.22. The van der Waals surface area contributed by atoms with Gasteiger partial charge < -0.3 is 29.9 Å². The van der Waals surface area contributed by atoms with Crippen LogP contribution in [0.1, 0.15) is 102 Å². The van der Waals surface area contributed by atoms with Crippen molar-refractivity contribution in [1.82, 2.24) is 0 Å². The molecule has 0 amide bonds. The molecule has 1 aromatic carbocycles. The van der Waals surface area contributed by atoms with Crippen LogP contribution in [0.3, 0.4) is 0 Å². The highest BCUT2D eigenvalue weighted by atomic mass is 16.5. The highest BCUT2D eigenvalue weighted by molar-refractivity contribution is 6.22. The minimum atomic E-state index is -0.664. The molecule has 0 aromatic heterocycles. The van der Waals surface area contributed by atoms with Gasteiger partial charge in [0.25, 0.3) is 0 Å². The van der Waals surface area contributed by atoms with Gasteiger partial charge in [-0.3, -0.25) is 9.59 Å². The lowest BCUT2D eigenvalue weighted by atomic mass is 9.91. The number of carbonyl (C=O) groups is 2. The molecule has 0 saturated carbocycles. The monoisotopic (exact) mass is 532 g/mol. The largest absolute Gasteiger partial charge is 0.504 e. The average Bonchev–Trinajstić information content (AvgIpc) is 2.90. The number of ether oxygens (including phenoxy) is 2. The van der Waals surface area contributed by atoms with Crippen LogP contribution in [0.5, 0.6) is 23.0 Å².